The molecule has 4 heteroatoms. The van der Waals surface area contributed by atoms with Gasteiger partial charge in [-0.15, -0.1) is 11.3 Å². The molecule has 0 aliphatic heterocycles. The van der Waals surface area contributed by atoms with Gasteiger partial charge in [-0.25, -0.2) is 0 Å². The van der Waals surface area contributed by atoms with Crippen molar-refractivity contribution in [3.8, 4) is 0 Å². The highest BCUT2D eigenvalue weighted by atomic mass is 32.1. The summed E-state index contributed by atoms with van der Waals surface area (Å²) < 4.78 is 0. The van der Waals surface area contributed by atoms with Crippen LogP contribution < -0.4 is 0 Å². The van der Waals surface area contributed by atoms with Gasteiger partial charge in [0, 0.05) is 18.0 Å². The fraction of sp³-hybridized carbons (Fsp3) is 0.583. The van der Waals surface area contributed by atoms with Crippen LogP contribution in [0.15, 0.2) is 11.4 Å². The number of aryl methyl sites for hydroxylation is 1. The van der Waals surface area contributed by atoms with Gasteiger partial charge in [0.25, 0.3) is 0 Å². The number of hydrogen-bond donors (Lipinski definition) is 1. The largest absolute Gasteiger partial charge is 0.481 e. The van der Waals surface area contributed by atoms with Gasteiger partial charge in [-0.2, -0.15) is 0 Å². The Morgan fingerprint density at radius 3 is 2.75 bits per heavy atom. The highest BCUT2D eigenvalue weighted by Crippen LogP contribution is 2.18. The van der Waals surface area contributed by atoms with Crippen LogP contribution in [0.25, 0.3) is 0 Å². The molecule has 0 saturated carbocycles. The lowest BCUT2D eigenvalue weighted by atomic mass is 10.1. The minimum atomic E-state index is -0.721. The third-order valence-corrected chi connectivity index (χ3v) is 3.74. The zero-order valence-corrected chi connectivity index (χ0v) is 10.9. The van der Waals surface area contributed by atoms with E-state index in [1.807, 2.05) is 0 Å². The Morgan fingerprint density at radius 1 is 1.62 bits per heavy atom. The van der Waals surface area contributed by atoms with E-state index in [0.29, 0.717) is 6.54 Å². The molecule has 0 saturated heterocycles. The fourth-order valence-electron chi connectivity index (χ4n) is 1.54. The number of hydrogen-bond acceptors (Lipinski definition) is 3. The molecule has 1 rings (SSSR count). The molecule has 0 aliphatic rings. The van der Waals surface area contributed by atoms with Crippen LogP contribution in [0.2, 0.25) is 0 Å². The molecule has 1 N–H and O–H groups in total. The van der Waals surface area contributed by atoms with Crippen molar-refractivity contribution < 1.29 is 9.90 Å². The van der Waals surface area contributed by atoms with Gasteiger partial charge < -0.3 is 5.11 Å². The Morgan fingerprint density at radius 2 is 2.31 bits per heavy atom. The van der Waals surface area contributed by atoms with Crippen LogP contribution in [0, 0.1) is 12.8 Å². The maximum Gasteiger partial charge on any atom is 0.307 e. The average Bonchev–Trinajstić information content (AvgIpc) is 2.63. The summed E-state index contributed by atoms with van der Waals surface area (Å²) in [5, 5.41) is 11.0. The number of aliphatic carboxylic acids is 1. The standard InChI is InChI=1S/C12H19NO2S/c1-4-13(7-10(3)12(14)15)8-11-9(2)5-6-16-11/h5-6,10H,4,7-8H2,1-3H3,(H,14,15). The second kappa shape index (κ2) is 6.01. The van der Waals surface area contributed by atoms with Crippen LogP contribution in [0.1, 0.15) is 24.3 Å². The smallest absolute Gasteiger partial charge is 0.307 e. The van der Waals surface area contributed by atoms with Crippen LogP contribution in [0.4, 0.5) is 0 Å². The second-order valence-corrected chi connectivity index (χ2v) is 5.09. The Hall–Kier alpha value is -0.870. The monoisotopic (exact) mass is 241 g/mol. The van der Waals surface area contributed by atoms with Crippen molar-refractivity contribution in [2.24, 2.45) is 5.92 Å². The predicted molar refractivity (Wildman–Crippen MR) is 66.8 cm³/mol. The Kier molecular flexibility index (Phi) is 4.96. The maximum absolute atomic E-state index is 10.8. The third kappa shape index (κ3) is 3.61. The van der Waals surface area contributed by atoms with Gasteiger partial charge in [-0.3, -0.25) is 9.69 Å². The number of carbonyl (C=O) groups is 1. The van der Waals surface area contributed by atoms with Crippen molar-refractivity contribution >= 4 is 17.3 Å². The van der Waals surface area contributed by atoms with Gasteiger partial charge in [-0.1, -0.05) is 13.8 Å². The molecule has 0 aliphatic carbocycles. The minimum Gasteiger partial charge on any atom is -0.481 e. The fourth-order valence-corrected chi connectivity index (χ4v) is 2.49. The number of thiophene rings is 1. The van der Waals surface area contributed by atoms with Crippen LogP contribution >= 0.6 is 11.3 Å². The molecule has 0 spiro atoms. The van der Waals surface area contributed by atoms with Gasteiger partial charge in [0.05, 0.1) is 5.92 Å². The summed E-state index contributed by atoms with van der Waals surface area (Å²) in [6.45, 7) is 8.28. The van der Waals surface area contributed by atoms with E-state index in [1.54, 1.807) is 18.3 Å². The van der Waals surface area contributed by atoms with Crippen LogP contribution in [0.5, 0.6) is 0 Å². The van der Waals surface area contributed by atoms with E-state index in [2.05, 4.69) is 30.2 Å². The van der Waals surface area contributed by atoms with E-state index >= 15 is 0 Å². The van der Waals surface area contributed by atoms with Gasteiger partial charge in [-0.05, 0) is 30.5 Å². The lowest BCUT2D eigenvalue weighted by molar-refractivity contribution is -0.141. The molecule has 0 radical (unpaired) electrons. The molecule has 1 unspecified atom stereocenters. The SMILES string of the molecule is CCN(Cc1sccc1C)CC(C)C(=O)O. The van der Waals surface area contributed by atoms with E-state index in [0.717, 1.165) is 13.1 Å². The number of carboxylic acids is 1. The molecule has 1 atom stereocenters. The molecule has 90 valence electrons. The van der Waals surface area contributed by atoms with Crippen molar-refractivity contribution in [3.05, 3.63) is 21.9 Å². The maximum atomic E-state index is 10.8. The molecule has 1 heterocycles. The average molecular weight is 241 g/mol. The molecule has 0 fully saturated rings. The summed E-state index contributed by atoms with van der Waals surface area (Å²) in [5.41, 5.74) is 1.30. The third-order valence-electron chi connectivity index (χ3n) is 2.74. The highest BCUT2D eigenvalue weighted by Gasteiger charge is 2.16. The number of carboxylic acid groups (broad SMARTS) is 1. The lowest BCUT2D eigenvalue weighted by Gasteiger charge is -2.22. The van der Waals surface area contributed by atoms with Gasteiger partial charge >= 0.3 is 5.97 Å². The van der Waals surface area contributed by atoms with Crippen molar-refractivity contribution in [2.45, 2.75) is 27.3 Å². The Labute approximate surface area is 101 Å². The molecular formula is C12H19NO2S. The zero-order valence-electron chi connectivity index (χ0n) is 10.1. The quantitative estimate of drug-likeness (QED) is 0.832. The topological polar surface area (TPSA) is 40.5 Å². The van der Waals surface area contributed by atoms with E-state index in [-0.39, 0.29) is 5.92 Å². The first-order valence-electron chi connectivity index (χ1n) is 5.52. The highest BCUT2D eigenvalue weighted by molar-refractivity contribution is 7.10. The Balaban J connectivity index is 2.56. The molecule has 1 aromatic heterocycles. The Bertz CT molecular complexity index is 349. The molecule has 3 nitrogen and oxygen atoms in total. The van der Waals surface area contributed by atoms with E-state index < -0.39 is 5.97 Å². The first kappa shape index (κ1) is 13.2. The van der Waals surface area contributed by atoms with E-state index in [9.17, 15) is 4.79 Å². The van der Waals surface area contributed by atoms with Crippen LogP contribution in [-0.4, -0.2) is 29.1 Å². The van der Waals surface area contributed by atoms with Crippen molar-refractivity contribution in [2.75, 3.05) is 13.1 Å². The minimum absolute atomic E-state index is 0.305. The molecule has 1 aromatic rings. The van der Waals surface area contributed by atoms with Crippen LogP contribution in [-0.2, 0) is 11.3 Å². The van der Waals surface area contributed by atoms with Crippen molar-refractivity contribution in [1.29, 1.82) is 0 Å². The predicted octanol–water partition coefficient (Wildman–Crippen LogP) is 2.60. The normalized spacial score (nSPS) is 13.0. The second-order valence-electron chi connectivity index (χ2n) is 4.09. The summed E-state index contributed by atoms with van der Waals surface area (Å²) in [6.07, 6.45) is 0. The van der Waals surface area contributed by atoms with E-state index in [4.69, 9.17) is 5.11 Å². The zero-order chi connectivity index (χ0) is 12.1. The first-order chi connectivity index (χ1) is 7.54. The number of nitrogens with zero attached hydrogens (tertiary/aromatic N) is 1. The summed E-state index contributed by atoms with van der Waals surface area (Å²) in [6, 6.07) is 2.11. The first-order valence-corrected chi connectivity index (χ1v) is 6.40. The van der Waals surface area contributed by atoms with E-state index in [1.165, 1.54) is 10.4 Å². The summed E-state index contributed by atoms with van der Waals surface area (Å²) in [4.78, 5) is 14.3. The molecule has 0 amide bonds. The molecule has 0 bridgehead atoms. The van der Waals surface area contributed by atoms with Gasteiger partial charge in [0.2, 0.25) is 0 Å². The van der Waals surface area contributed by atoms with Gasteiger partial charge in [0.15, 0.2) is 0 Å². The summed E-state index contributed by atoms with van der Waals surface area (Å²) in [7, 11) is 0. The van der Waals surface area contributed by atoms with Crippen LogP contribution in [0.3, 0.4) is 0 Å². The van der Waals surface area contributed by atoms with Gasteiger partial charge in [0.1, 0.15) is 0 Å². The molecule has 0 aromatic carbocycles. The molecule has 16 heavy (non-hydrogen) atoms. The summed E-state index contributed by atoms with van der Waals surface area (Å²) >= 11 is 1.74. The molecular weight excluding hydrogens is 222 g/mol. The van der Waals surface area contributed by atoms with Crippen molar-refractivity contribution in [1.82, 2.24) is 4.90 Å². The lowest BCUT2D eigenvalue weighted by Crippen LogP contribution is -2.31. The summed E-state index contributed by atoms with van der Waals surface area (Å²) in [5.74, 6) is -1.03. The number of rotatable bonds is 6. The van der Waals surface area contributed by atoms with Crippen molar-refractivity contribution in [3.63, 3.8) is 0 Å².